The van der Waals surface area contributed by atoms with Crippen molar-refractivity contribution in [1.82, 2.24) is 9.88 Å². The van der Waals surface area contributed by atoms with E-state index >= 15 is 0 Å². The van der Waals surface area contributed by atoms with E-state index in [2.05, 4.69) is 4.98 Å². The minimum atomic E-state index is -1.02. The Morgan fingerprint density at radius 1 is 1.00 bits per heavy atom. The number of ketones is 1. The molecular formula is C28H23FN2O3. The number of hydrogen-bond donors (Lipinski definition) is 2. The summed E-state index contributed by atoms with van der Waals surface area (Å²) in [6.45, 7) is 2.10. The molecule has 34 heavy (non-hydrogen) atoms. The summed E-state index contributed by atoms with van der Waals surface area (Å²) in [7, 11) is 0. The second-order valence-corrected chi connectivity index (χ2v) is 8.49. The molecule has 5 rings (SSSR count). The first kappa shape index (κ1) is 21.6. The van der Waals surface area contributed by atoms with Crippen LogP contribution in [0.4, 0.5) is 4.39 Å². The number of carbonyl (C=O) groups excluding carboxylic acids is 2. The smallest absolute Gasteiger partial charge is 0.295 e. The lowest BCUT2D eigenvalue weighted by Gasteiger charge is -2.25. The number of carbonyl (C=O) groups is 2. The Bertz CT molecular complexity index is 1440. The van der Waals surface area contributed by atoms with Gasteiger partial charge in [0.2, 0.25) is 0 Å². The Balaban J connectivity index is 1.58. The van der Waals surface area contributed by atoms with Gasteiger partial charge >= 0.3 is 0 Å². The number of halogens is 1. The third kappa shape index (κ3) is 3.67. The molecule has 0 spiro atoms. The number of aromatic nitrogens is 1. The molecule has 2 heterocycles. The number of aliphatic hydroxyl groups excluding tert-OH is 1. The van der Waals surface area contributed by atoms with Gasteiger partial charge in [-0.3, -0.25) is 9.59 Å². The lowest BCUT2D eigenvalue weighted by atomic mass is 9.94. The van der Waals surface area contributed by atoms with E-state index in [-0.39, 0.29) is 23.4 Å². The molecular weight excluding hydrogens is 431 g/mol. The second kappa shape index (κ2) is 8.63. The maximum atomic E-state index is 14.9. The van der Waals surface area contributed by atoms with Crippen LogP contribution in [0.2, 0.25) is 0 Å². The minimum Gasteiger partial charge on any atom is -0.507 e. The Labute approximate surface area is 196 Å². The van der Waals surface area contributed by atoms with E-state index < -0.39 is 23.5 Å². The zero-order chi connectivity index (χ0) is 23.8. The highest BCUT2D eigenvalue weighted by Crippen LogP contribution is 2.40. The van der Waals surface area contributed by atoms with E-state index in [1.54, 1.807) is 42.5 Å². The Morgan fingerprint density at radius 2 is 1.71 bits per heavy atom. The first-order valence-electron chi connectivity index (χ1n) is 11.1. The van der Waals surface area contributed by atoms with Crippen LogP contribution in [0.15, 0.2) is 84.6 Å². The fourth-order valence-corrected chi connectivity index (χ4v) is 4.58. The topological polar surface area (TPSA) is 73.4 Å². The average molecular weight is 455 g/mol. The van der Waals surface area contributed by atoms with Crippen molar-refractivity contribution < 1.29 is 19.1 Å². The van der Waals surface area contributed by atoms with Crippen LogP contribution in [0, 0.1) is 12.7 Å². The number of rotatable bonds is 5. The number of para-hydroxylation sites is 1. The molecule has 1 aliphatic heterocycles. The highest BCUT2D eigenvalue weighted by atomic mass is 19.1. The molecule has 1 atom stereocenters. The first-order chi connectivity index (χ1) is 16.5. The number of aliphatic hydroxyl groups is 1. The van der Waals surface area contributed by atoms with Crippen LogP contribution < -0.4 is 0 Å². The fraction of sp³-hybridized carbons (Fsp3) is 0.143. The quantitative estimate of drug-likeness (QED) is 0.245. The highest BCUT2D eigenvalue weighted by molar-refractivity contribution is 6.46. The molecule has 0 radical (unpaired) electrons. The Hall–Kier alpha value is -4.19. The van der Waals surface area contributed by atoms with Crippen LogP contribution in [0.3, 0.4) is 0 Å². The van der Waals surface area contributed by atoms with Crippen LogP contribution >= 0.6 is 0 Å². The van der Waals surface area contributed by atoms with Gasteiger partial charge in [0.1, 0.15) is 11.6 Å². The number of aryl methyl sites for hydroxylation is 1. The van der Waals surface area contributed by atoms with Gasteiger partial charge < -0.3 is 15.0 Å². The molecule has 1 fully saturated rings. The van der Waals surface area contributed by atoms with E-state index in [9.17, 15) is 19.1 Å². The summed E-state index contributed by atoms with van der Waals surface area (Å²) in [5, 5.41) is 12.1. The van der Waals surface area contributed by atoms with E-state index in [1.807, 2.05) is 37.4 Å². The van der Waals surface area contributed by atoms with Gasteiger partial charge in [0.25, 0.3) is 11.7 Å². The molecule has 3 aromatic carbocycles. The predicted octanol–water partition coefficient (Wildman–Crippen LogP) is 5.28. The number of Topliss-reactive ketones (excluding diaryl/α,β-unsaturated/α-hetero) is 1. The third-order valence-corrected chi connectivity index (χ3v) is 6.36. The SMILES string of the molecule is Cc1ccc(C(O)=C2C(=O)C(=O)N(CCc3c[nH]c4ccccc34)[C@H]2c2ccccc2F)cc1. The summed E-state index contributed by atoms with van der Waals surface area (Å²) in [5.74, 6) is -2.41. The van der Waals surface area contributed by atoms with Gasteiger partial charge in [0.15, 0.2) is 0 Å². The summed E-state index contributed by atoms with van der Waals surface area (Å²) in [5.41, 5.74) is 3.43. The number of nitrogens with one attached hydrogen (secondary N) is 1. The molecule has 0 unspecified atom stereocenters. The third-order valence-electron chi connectivity index (χ3n) is 6.36. The maximum absolute atomic E-state index is 14.9. The second-order valence-electron chi connectivity index (χ2n) is 8.49. The predicted molar refractivity (Wildman–Crippen MR) is 129 cm³/mol. The molecule has 4 aromatic rings. The van der Waals surface area contributed by atoms with Crippen molar-refractivity contribution in [3.63, 3.8) is 0 Å². The van der Waals surface area contributed by atoms with Gasteiger partial charge in [0.05, 0.1) is 11.6 Å². The molecule has 6 heteroatoms. The van der Waals surface area contributed by atoms with Gasteiger partial charge in [-0.05, 0) is 31.0 Å². The number of benzene rings is 3. The largest absolute Gasteiger partial charge is 0.507 e. The van der Waals surface area contributed by atoms with Crippen molar-refractivity contribution in [2.24, 2.45) is 0 Å². The van der Waals surface area contributed by atoms with Crippen LogP contribution in [0.25, 0.3) is 16.7 Å². The lowest BCUT2D eigenvalue weighted by molar-refractivity contribution is -0.139. The van der Waals surface area contributed by atoms with E-state index in [0.717, 1.165) is 22.0 Å². The maximum Gasteiger partial charge on any atom is 0.295 e. The number of fused-ring (bicyclic) bond motifs is 1. The van der Waals surface area contributed by atoms with Gasteiger partial charge in [0, 0.05) is 34.8 Å². The summed E-state index contributed by atoms with van der Waals surface area (Å²) in [4.78, 5) is 30.8. The summed E-state index contributed by atoms with van der Waals surface area (Å²) in [6, 6.07) is 19.8. The van der Waals surface area contributed by atoms with Gasteiger partial charge in [-0.2, -0.15) is 0 Å². The molecule has 0 bridgehead atoms. The number of H-pyrrole nitrogens is 1. The average Bonchev–Trinajstić information content (AvgIpc) is 3.37. The minimum absolute atomic E-state index is 0.0992. The van der Waals surface area contributed by atoms with E-state index in [1.165, 1.54) is 11.0 Å². The normalized spacial score (nSPS) is 17.6. The molecule has 1 saturated heterocycles. The Kier molecular flexibility index (Phi) is 5.49. The Morgan fingerprint density at radius 3 is 2.47 bits per heavy atom. The number of likely N-dealkylation sites (tertiary alicyclic amines) is 1. The molecule has 1 aromatic heterocycles. The van der Waals surface area contributed by atoms with E-state index in [4.69, 9.17) is 0 Å². The standard InChI is InChI=1S/C28H23FN2O3/c1-17-10-12-18(13-11-17)26(32)24-25(21-7-2-4-8-22(21)29)31(28(34)27(24)33)15-14-19-16-30-23-9-5-3-6-20(19)23/h2-13,16,25,30,32H,14-15H2,1H3/t25-/m0/s1. The molecule has 2 N–H and O–H groups in total. The highest BCUT2D eigenvalue weighted by Gasteiger charge is 2.46. The first-order valence-corrected chi connectivity index (χ1v) is 11.1. The number of nitrogens with zero attached hydrogens (tertiary/aromatic N) is 1. The zero-order valence-corrected chi connectivity index (χ0v) is 18.6. The number of aromatic amines is 1. The molecule has 5 nitrogen and oxygen atoms in total. The zero-order valence-electron chi connectivity index (χ0n) is 18.6. The van der Waals surface area contributed by atoms with Gasteiger partial charge in [-0.1, -0.05) is 66.2 Å². The molecule has 1 aliphatic rings. The number of hydrogen-bond acceptors (Lipinski definition) is 3. The van der Waals surface area contributed by atoms with Crippen LogP contribution in [0.5, 0.6) is 0 Å². The summed E-state index contributed by atoms with van der Waals surface area (Å²) < 4.78 is 14.9. The molecule has 0 saturated carbocycles. The van der Waals surface area contributed by atoms with Crippen molar-refractivity contribution in [1.29, 1.82) is 0 Å². The van der Waals surface area contributed by atoms with Crippen LogP contribution in [-0.2, 0) is 16.0 Å². The van der Waals surface area contributed by atoms with Crippen LogP contribution in [-0.4, -0.2) is 33.2 Å². The van der Waals surface area contributed by atoms with Crippen molar-refractivity contribution in [3.8, 4) is 0 Å². The number of amides is 1. The van der Waals surface area contributed by atoms with Crippen molar-refractivity contribution in [2.45, 2.75) is 19.4 Å². The van der Waals surface area contributed by atoms with Crippen LogP contribution in [0.1, 0.15) is 28.3 Å². The molecule has 1 amide bonds. The summed E-state index contributed by atoms with van der Waals surface area (Å²) >= 11 is 0. The monoisotopic (exact) mass is 454 g/mol. The summed E-state index contributed by atoms with van der Waals surface area (Å²) in [6.07, 6.45) is 2.35. The van der Waals surface area contributed by atoms with E-state index in [0.29, 0.717) is 12.0 Å². The van der Waals surface area contributed by atoms with Crippen molar-refractivity contribution in [3.05, 3.63) is 113 Å². The molecule has 170 valence electrons. The van der Waals surface area contributed by atoms with Crippen molar-refractivity contribution in [2.75, 3.05) is 6.54 Å². The van der Waals surface area contributed by atoms with Gasteiger partial charge in [-0.25, -0.2) is 4.39 Å². The fourth-order valence-electron chi connectivity index (χ4n) is 4.58. The van der Waals surface area contributed by atoms with Crippen molar-refractivity contribution >= 4 is 28.4 Å². The molecule has 0 aliphatic carbocycles. The lowest BCUT2D eigenvalue weighted by Crippen LogP contribution is -2.32. The van der Waals surface area contributed by atoms with Gasteiger partial charge in [-0.15, -0.1) is 0 Å².